The molecule has 0 saturated carbocycles. The molecule has 1 aromatic rings. The van der Waals surface area contributed by atoms with Crippen molar-refractivity contribution in [2.24, 2.45) is 11.8 Å². The van der Waals surface area contributed by atoms with Gasteiger partial charge >= 0.3 is 0 Å². The van der Waals surface area contributed by atoms with Gasteiger partial charge in [-0.25, -0.2) is 0 Å². The Balaban J connectivity index is 2.80. The van der Waals surface area contributed by atoms with Crippen LogP contribution in [-0.2, 0) is 0 Å². The van der Waals surface area contributed by atoms with E-state index in [4.69, 9.17) is 0 Å². The highest BCUT2D eigenvalue weighted by Crippen LogP contribution is 2.47. The van der Waals surface area contributed by atoms with Gasteiger partial charge in [0, 0.05) is 11.0 Å². The van der Waals surface area contributed by atoms with Gasteiger partial charge in [-0.2, -0.15) is 11.8 Å². The molecule has 1 heterocycles. The van der Waals surface area contributed by atoms with Crippen LogP contribution in [0.2, 0.25) is 0 Å². The lowest BCUT2D eigenvalue weighted by Crippen LogP contribution is -2.27. The molecule has 0 amide bonds. The second-order valence-corrected chi connectivity index (χ2v) is 9.84. The average Bonchev–Trinajstić information content (AvgIpc) is 2.47. The zero-order chi connectivity index (χ0) is 17.5. The van der Waals surface area contributed by atoms with Crippen LogP contribution in [0.4, 0.5) is 0 Å². The first-order valence-electron chi connectivity index (χ1n) is 9.42. The molecule has 2 rings (SSSR count). The van der Waals surface area contributed by atoms with Crippen molar-refractivity contribution in [2.45, 2.75) is 85.3 Å². The first-order chi connectivity index (χ1) is 10.7. The third kappa shape index (κ3) is 3.50. The maximum Gasteiger partial charge on any atom is 0.00503 e. The molecule has 1 aromatic carbocycles. The minimum atomic E-state index is 0.605. The lowest BCUT2D eigenvalue weighted by Gasteiger charge is -2.38. The predicted octanol–water partition coefficient (Wildman–Crippen LogP) is 7.04. The zero-order valence-corrected chi connectivity index (χ0v) is 17.5. The summed E-state index contributed by atoms with van der Waals surface area (Å²) < 4.78 is 0. The van der Waals surface area contributed by atoms with Gasteiger partial charge in [0.1, 0.15) is 0 Å². The molecule has 4 atom stereocenters. The Bertz CT molecular complexity index is 556. The first kappa shape index (κ1) is 18.9. The molecule has 0 aliphatic carbocycles. The molecule has 0 bridgehead atoms. The van der Waals surface area contributed by atoms with E-state index in [0.717, 1.165) is 11.2 Å². The van der Waals surface area contributed by atoms with Crippen molar-refractivity contribution >= 4 is 11.8 Å². The monoisotopic (exact) mass is 332 g/mol. The molecule has 0 spiro atoms. The fourth-order valence-corrected chi connectivity index (χ4v) is 5.75. The quantitative estimate of drug-likeness (QED) is 0.559. The summed E-state index contributed by atoms with van der Waals surface area (Å²) in [5, 5.41) is 0.738. The van der Waals surface area contributed by atoms with E-state index >= 15 is 0 Å². The maximum absolute atomic E-state index is 2.49. The molecule has 1 aliphatic heterocycles. The third-order valence-electron chi connectivity index (χ3n) is 6.29. The van der Waals surface area contributed by atoms with E-state index in [0.29, 0.717) is 23.7 Å². The summed E-state index contributed by atoms with van der Waals surface area (Å²) in [6, 6.07) is 2.49. The zero-order valence-electron chi connectivity index (χ0n) is 16.7. The Morgan fingerprint density at radius 2 is 1.61 bits per heavy atom. The number of benzene rings is 1. The fourth-order valence-electron chi connectivity index (χ4n) is 4.15. The molecule has 0 nitrogen and oxygen atoms in total. The van der Waals surface area contributed by atoms with Gasteiger partial charge in [0.05, 0.1) is 0 Å². The lowest BCUT2D eigenvalue weighted by molar-refractivity contribution is 0.455. The molecule has 1 unspecified atom stereocenters. The second kappa shape index (κ2) is 7.21. The van der Waals surface area contributed by atoms with E-state index in [2.05, 4.69) is 80.1 Å². The largest absolute Gasteiger partial charge is 0.158 e. The lowest BCUT2D eigenvalue weighted by atomic mass is 9.72. The van der Waals surface area contributed by atoms with Gasteiger partial charge in [-0.3, -0.25) is 0 Å². The molecule has 0 aromatic heterocycles. The van der Waals surface area contributed by atoms with E-state index in [1.165, 1.54) is 11.3 Å². The topological polar surface area (TPSA) is 0 Å². The van der Waals surface area contributed by atoms with Gasteiger partial charge in [-0.05, 0) is 71.3 Å². The minimum Gasteiger partial charge on any atom is -0.158 e. The first-order valence-corrected chi connectivity index (χ1v) is 10.5. The van der Waals surface area contributed by atoms with Crippen LogP contribution >= 0.6 is 11.8 Å². The second-order valence-electron chi connectivity index (χ2n) is 8.43. The summed E-state index contributed by atoms with van der Waals surface area (Å²) in [6.07, 6.45) is 0. The van der Waals surface area contributed by atoms with Gasteiger partial charge in [-0.1, -0.05) is 54.5 Å². The number of rotatable bonds is 2. The van der Waals surface area contributed by atoms with Gasteiger partial charge < -0.3 is 0 Å². The molecular weight excluding hydrogens is 296 g/mol. The molecule has 0 radical (unpaired) electrons. The van der Waals surface area contributed by atoms with Gasteiger partial charge in [0.2, 0.25) is 0 Å². The van der Waals surface area contributed by atoms with Crippen LogP contribution in [0.5, 0.6) is 0 Å². The number of hydrogen-bond donors (Lipinski definition) is 0. The summed E-state index contributed by atoms with van der Waals surface area (Å²) in [4.78, 5) is 0. The van der Waals surface area contributed by atoms with Crippen LogP contribution < -0.4 is 0 Å². The average molecular weight is 333 g/mol. The highest BCUT2D eigenvalue weighted by molar-refractivity contribution is 7.99. The number of aryl methyl sites for hydroxylation is 1. The van der Waals surface area contributed by atoms with Crippen LogP contribution in [0.15, 0.2) is 6.07 Å². The van der Waals surface area contributed by atoms with Crippen LogP contribution in [-0.4, -0.2) is 11.0 Å². The molecule has 130 valence electrons. The standard InChI is InChI=1S/C22H36S/c1-12(2)19-10-14(5)15(6)21-17(8)16(7)18(9)23-11-20(13(3)4)22(19)21/h10,12-13,16-18,20H,11H2,1-9H3/t16-,17+,18-,20?/m1/s1. The maximum atomic E-state index is 2.49. The van der Waals surface area contributed by atoms with Gasteiger partial charge in [0.15, 0.2) is 0 Å². The Kier molecular flexibility index (Phi) is 5.93. The molecule has 1 aliphatic rings. The van der Waals surface area contributed by atoms with Crippen LogP contribution in [0, 0.1) is 25.7 Å². The van der Waals surface area contributed by atoms with Crippen molar-refractivity contribution in [2.75, 3.05) is 5.75 Å². The Labute approximate surface area is 148 Å². The van der Waals surface area contributed by atoms with Crippen LogP contribution in [0.3, 0.4) is 0 Å². The SMILES string of the molecule is Cc1cc(C(C)C)c2c(c1C)[C@@H](C)[C@@H](C)[C@@H](C)SCC2C(C)C. The van der Waals surface area contributed by atoms with E-state index in [9.17, 15) is 0 Å². The Morgan fingerprint density at radius 1 is 1.00 bits per heavy atom. The van der Waals surface area contributed by atoms with Crippen LogP contribution in [0.25, 0.3) is 0 Å². The van der Waals surface area contributed by atoms with Crippen molar-refractivity contribution in [3.8, 4) is 0 Å². The summed E-state index contributed by atoms with van der Waals surface area (Å²) in [6.45, 7) is 21.6. The number of thioether (sulfide) groups is 1. The van der Waals surface area contributed by atoms with Crippen molar-refractivity contribution in [1.82, 2.24) is 0 Å². The summed E-state index contributed by atoms with van der Waals surface area (Å²) in [5.74, 6) is 4.63. The van der Waals surface area contributed by atoms with Gasteiger partial charge in [0.25, 0.3) is 0 Å². The van der Waals surface area contributed by atoms with E-state index in [1.807, 2.05) is 0 Å². The van der Waals surface area contributed by atoms with E-state index in [1.54, 1.807) is 22.3 Å². The van der Waals surface area contributed by atoms with E-state index in [-0.39, 0.29) is 0 Å². The smallest absolute Gasteiger partial charge is 0.00503 e. The van der Waals surface area contributed by atoms with Gasteiger partial charge in [-0.15, -0.1) is 0 Å². The third-order valence-corrected chi connectivity index (χ3v) is 7.80. The minimum absolute atomic E-state index is 0.605. The molecule has 0 N–H and O–H groups in total. The summed E-state index contributed by atoms with van der Waals surface area (Å²) in [5.41, 5.74) is 8.03. The van der Waals surface area contributed by atoms with Crippen LogP contribution in [0.1, 0.15) is 94.0 Å². The number of hydrogen-bond acceptors (Lipinski definition) is 1. The molecule has 23 heavy (non-hydrogen) atoms. The highest BCUT2D eigenvalue weighted by Gasteiger charge is 2.33. The molecule has 1 heteroatoms. The summed E-state index contributed by atoms with van der Waals surface area (Å²) >= 11 is 2.19. The molecule has 0 saturated heterocycles. The van der Waals surface area contributed by atoms with Crippen molar-refractivity contribution < 1.29 is 0 Å². The Hall–Kier alpha value is -0.430. The van der Waals surface area contributed by atoms with Crippen molar-refractivity contribution in [3.05, 3.63) is 33.9 Å². The fraction of sp³-hybridized carbons (Fsp3) is 0.727. The van der Waals surface area contributed by atoms with E-state index < -0.39 is 0 Å². The Morgan fingerprint density at radius 3 is 2.13 bits per heavy atom. The molecule has 0 fully saturated rings. The van der Waals surface area contributed by atoms with Crippen molar-refractivity contribution in [1.29, 1.82) is 0 Å². The number of fused-ring (bicyclic) bond motifs is 1. The highest BCUT2D eigenvalue weighted by atomic mass is 32.2. The summed E-state index contributed by atoms with van der Waals surface area (Å²) in [7, 11) is 0. The molecular formula is C22H36S. The van der Waals surface area contributed by atoms with Crippen molar-refractivity contribution in [3.63, 3.8) is 0 Å². The normalized spacial score (nSPS) is 28.7. The predicted molar refractivity (Wildman–Crippen MR) is 107 cm³/mol.